The van der Waals surface area contributed by atoms with E-state index in [0.717, 1.165) is 31.6 Å². The second-order valence-electron chi connectivity index (χ2n) is 8.74. The first kappa shape index (κ1) is 20.7. The SMILES string of the molecule is O=C(Nc1ccc(F)cc1)C1CCN(CC(=O)N2CCc3[nH]c4ccccc4c3C2)CC1. The molecule has 0 saturated carbocycles. The van der Waals surface area contributed by atoms with Gasteiger partial charge in [0.1, 0.15) is 5.82 Å². The summed E-state index contributed by atoms with van der Waals surface area (Å²) >= 11 is 0. The second kappa shape index (κ2) is 8.74. The van der Waals surface area contributed by atoms with E-state index >= 15 is 0 Å². The van der Waals surface area contributed by atoms with E-state index in [-0.39, 0.29) is 23.5 Å². The number of piperidine rings is 1. The Morgan fingerprint density at radius 2 is 1.78 bits per heavy atom. The van der Waals surface area contributed by atoms with Crippen molar-refractivity contribution in [3.8, 4) is 0 Å². The number of hydrogen-bond donors (Lipinski definition) is 2. The molecule has 1 saturated heterocycles. The smallest absolute Gasteiger partial charge is 0.237 e. The first-order valence-electron chi connectivity index (χ1n) is 11.2. The standard InChI is InChI=1S/C25H27FN4O2/c26-18-5-7-19(8-6-18)27-25(32)17-9-12-29(13-10-17)16-24(31)30-14-11-23-21(15-30)20-3-1-2-4-22(20)28-23/h1-8,17,28H,9-16H2,(H,27,32). The molecule has 5 rings (SSSR count). The zero-order valence-corrected chi connectivity index (χ0v) is 17.9. The van der Waals surface area contributed by atoms with Gasteiger partial charge in [-0.15, -0.1) is 0 Å². The van der Waals surface area contributed by atoms with Gasteiger partial charge < -0.3 is 15.2 Å². The Bertz CT molecular complexity index is 1130. The van der Waals surface area contributed by atoms with Crippen LogP contribution >= 0.6 is 0 Å². The molecule has 1 aromatic heterocycles. The molecular formula is C25H27FN4O2. The molecule has 0 aliphatic carbocycles. The zero-order valence-electron chi connectivity index (χ0n) is 17.9. The Labute approximate surface area is 186 Å². The number of anilines is 1. The Morgan fingerprint density at radius 3 is 2.56 bits per heavy atom. The fourth-order valence-corrected chi connectivity index (χ4v) is 4.80. The summed E-state index contributed by atoms with van der Waals surface area (Å²) in [4.78, 5) is 33.1. The van der Waals surface area contributed by atoms with Gasteiger partial charge in [-0.25, -0.2) is 4.39 Å². The normalized spacial score (nSPS) is 17.3. The molecule has 2 amide bonds. The Kier molecular flexibility index (Phi) is 5.66. The Morgan fingerprint density at radius 1 is 1.03 bits per heavy atom. The van der Waals surface area contributed by atoms with E-state index in [9.17, 15) is 14.0 Å². The molecule has 0 radical (unpaired) electrons. The summed E-state index contributed by atoms with van der Waals surface area (Å²) < 4.78 is 13.0. The van der Waals surface area contributed by atoms with Crippen molar-refractivity contribution in [2.75, 3.05) is 31.5 Å². The van der Waals surface area contributed by atoms with E-state index in [4.69, 9.17) is 0 Å². The van der Waals surface area contributed by atoms with E-state index in [1.165, 1.54) is 28.8 Å². The lowest BCUT2D eigenvalue weighted by Crippen LogP contribution is -2.46. The summed E-state index contributed by atoms with van der Waals surface area (Å²) in [5.41, 5.74) is 4.21. The largest absolute Gasteiger partial charge is 0.358 e. The number of fused-ring (bicyclic) bond motifs is 3. The van der Waals surface area contributed by atoms with Gasteiger partial charge in [-0.2, -0.15) is 0 Å². The molecule has 6 nitrogen and oxygen atoms in total. The number of para-hydroxylation sites is 1. The molecule has 2 aliphatic heterocycles. The molecule has 3 aromatic rings. The van der Waals surface area contributed by atoms with Crippen LogP contribution in [0, 0.1) is 11.7 Å². The average molecular weight is 435 g/mol. The summed E-state index contributed by atoms with van der Waals surface area (Å²) in [7, 11) is 0. The lowest BCUT2D eigenvalue weighted by atomic mass is 9.95. The van der Waals surface area contributed by atoms with Gasteiger partial charge in [0.25, 0.3) is 0 Å². The summed E-state index contributed by atoms with van der Waals surface area (Å²) in [5, 5.41) is 4.07. The van der Waals surface area contributed by atoms with Gasteiger partial charge in [0, 0.05) is 53.3 Å². The van der Waals surface area contributed by atoms with Crippen molar-refractivity contribution in [3.05, 3.63) is 65.6 Å². The van der Waals surface area contributed by atoms with Crippen LogP contribution in [0.25, 0.3) is 10.9 Å². The maximum absolute atomic E-state index is 13.0. The molecule has 166 valence electrons. The van der Waals surface area contributed by atoms with E-state index in [2.05, 4.69) is 27.3 Å². The maximum Gasteiger partial charge on any atom is 0.237 e. The molecule has 3 heterocycles. The first-order valence-corrected chi connectivity index (χ1v) is 11.2. The van der Waals surface area contributed by atoms with E-state index in [1.54, 1.807) is 12.1 Å². The highest BCUT2D eigenvalue weighted by Crippen LogP contribution is 2.28. The van der Waals surface area contributed by atoms with Crippen molar-refractivity contribution in [1.82, 2.24) is 14.8 Å². The molecule has 0 atom stereocenters. The van der Waals surface area contributed by atoms with Gasteiger partial charge in [0.05, 0.1) is 6.54 Å². The highest BCUT2D eigenvalue weighted by Gasteiger charge is 2.29. The number of nitrogens with one attached hydrogen (secondary N) is 2. The van der Waals surface area contributed by atoms with Crippen LogP contribution in [0.5, 0.6) is 0 Å². The number of nitrogens with zero attached hydrogens (tertiary/aromatic N) is 2. The van der Waals surface area contributed by atoms with E-state index in [0.29, 0.717) is 31.6 Å². The number of benzene rings is 2. The fraction of sp³-hybridized carbons (Fsp3) is 0.360. The Hall–Kier alpha value is -3.19. The number of aromatic amines is 1. The van der Waals surface area contributed by atoms with Crippen molar-refractivity contribution < 1.29 is 14.0 Å². The fourth-order valence-electron chi connectivity index (χ4n) is 4.80. The summed E-state index contributed by atoms with van der Waals surface area (Å²) in [5.74, 6) is -0.300. The predicted octanol–water partition coefficient (Wildman–Crippen LogP) is 3.54. The van der Waals surface area contributed by atoms with Crippen molar-refractivity contribution in [3.63, 3.8) is 0 Å². The molecule has 2 aromatic carbocycles. The molecule has 0 unspecified atom stereocenters. The number of carbonyl (C=O) groups excluding carboxylic acids is 2. The van der Waals surface area contributed by atoms with Crippen molar-refractivity contribution in [2.24, 2.45) is 5.92 Å². The molecule has 1 fully saturated rings. The topological polar surface area (TPSA) is 68.4 Å². The minimum absolute atomic E-state index is 0.0366. The quantitative estimate of drug-likeness (QED) is 0.660. The molecular weight excluding hydrogens is 407 g/mol. The van der Waals surface area contributed by atoms with Crippen LogP contribution in [0.4, 0.5) is 10.1 Å². The lowest BCUT2D eigenvalue weighted by Gasteiger charge is -2.33. The van der Waals surface area contributed by atoms with Gasteiger partial charge in [-0.3, -0.25) is 14.5 Å². The number of halogens is 1. The van der Waals surface area contributed by atoms with Gasteiger partial charge in [-0.1, -0.05) is 18.2 Å². The lowest BCUT2D eigenvalue weighted by molar-refractivity contribution is -0.133. The van der Waals surface area contributed by atoms with Crippen LogP contribution in [0.3, 0.4) is 0 Å². The Balaban J connectivity index is 1.13. The third-order valence-electron chi connectivity index (χ3n) is 6.66. The third kappa shape index (κ3) is 4.25. The van der Waals surface area contributed by atoms with Crippen LogP contribution in [0.2, 0.25) is 0 Å². The number of amides is 2. The number of carbonyl (C=O) groups is 2. The van der Waals surface area contributed by atoms with Gasteiger partial charge in [0.15, 0.2) is 0 Å². The minimum atomic E-state index is -0.324. The van der Waals surface area contributed by atoms with Crippen LogP contribution in [0.15, 0.2) is 48.5 Å². The van der Waals surface area contributed by atoms with E-state index < -0.39 is 0 Å². The monoisotopic (exact) mass is 434 g/mol. The number of aromatic nitrogens is 1. The van der Waals surface area contributed by atoms with Gasteiger partial charge in [0.2, 0.25) is 11.8 Å². The van der Waals surface area contributed by atoms with Crippen LogP contribution in [0.1, 0.15) is 24.1 Å². The third-order valence-corrected chi connectivity index (χ3v) is 6.66. The first-order chi connectivity index (χ1) is 15.6. The second-order valence-corrected chi connectivity index (χ2v) is 8.74. The number of H-pyrrole nitrogens is 1. The molecule has 2 N–H and O–H groups in total. The summed E-state index contributed by atoms with van der Waals surface area (Å²) in [6.45, 7) is 3.22. The van der Waals surface area contributed by atoms with Crippen molar-refractivity contribution in [1.29, 1.82) is 0 Å². The maximum atomic E-state index is 13.0. The zero-order chi connectivity index (χ0) is 22.1. The minimum Gasteiger partial charge on any atom is -0.358 e. The highest BCUT2D eigenvalue weighted by atomic mass is 19.1. The van der Waals surface area contributed by atoms with Crippen molar-refractivity contribution in [2.45, 2.75) is 25.8 Å². The highest BCUT2D eigenvalue weighted by molar-refractivity contribution is 5.92. The van der Waals surface area contributed by atoms with Gasteiger partial charge >= 0.3 is 0 Å². The molecule has 7 heteroatoms. The molecule has 0 bridgehead atoms. The predicted molar refractivity (Wildman–Crippen MR) is 122 cm³/mol. The molecule has 32 heavy (non-hydrogen) atoms. The van der Waals surface area contributed by atoms with Crippen molar-refractivity contribution >= 4 is 28.4 Å². The van der Waals surface area contributed by atoms with Crippen LogP contribution in [-0.4, -0.2) is 52.8 Å². The molecule has 0 spiro atoms. The molecule has 2 aliphatic rings. The van der Waals surface area contributed by atoms with E-state index in [1.807, 2.05) is 17.0 Å². The van der Waals surface area contributed by atoms with Crippen LogP contribution < -0.4 is 5.32 Å². The number of rotatable bonds is 4. The van der Waals surface area contributed by atoms with Crippen LogP contribution in [-0.2, 0) is 22.6 Å². The summed E-state index contributed by atoms with van der Waals surface area (Å²) in [6.07, 6.45) is 2.28. The van der Waals surface area contributed by atoms with Gasteiger partial charge in [-0.05, 0) is 56.3 Å². The summed E-state index contributed by atoms with van der Waals surface area (Å²) in [6, 6.07) is 14.1. The number of likely N-dealkylation sites (tertiary alicyclic amines) is 1. The average Bonchev–Trinajstić information content (AvgIpc) is 3.19. The number of hydrogen-bond acceptors (Lipinski definition) is 3.